The van der Waals surface area contributed by atoms with Gasteiger partial charge in [-0.25, -0.2) is 4.39 Å². The first-order chi connectivity index (χ1) is 3.72. The monoisotopic (exact) mass is 114 g/mol. The van der Waals surface area contributed by atoms with Gasteiger partial charge in [-0.2, -0.15) is 0 Å². The highest BCUT2D eigenvalue weighted by Gasteiger charge is 1.86. The minimum absolute atomic E-state index is 0.620. The molecule has 0 aromatic rings. The molecule has 0 radical (unpaired) electrons. The zero-order valence-electron chi connectivity index (χ0n) is 5.53. The Morgan fingerprint density at radius 1 is 1.25 bits per heavy atom. The zero-order chi connectivity index (χ0) is 6.57. The number of allylic oxidation sites excluding steroid dienone is 3. The van der Waals surface area contributed by atoms with Crippen molar-refractivity contribution >= 4 is 0 Å². The van der Waals surface area contributed by atoms with Crippen molar-refractivity contribution in [1.29, 1.82) is 0 Å². The van der Waals surface area contributed by atoms with Crippen LogP contribution in [-0.4, -0.2) is 0 Å². The Kier molecular flexibility index (Phi) is 3.16. The summed E-state index contributed by atoms with van der Waals surface area (Å²) < 4.78 is 11.6. The molecule has 0 aliphatic carbocycles. The molecule has 8 heavy (non-hydrogen) atoms. The van der Waals surface area contributed by atoms with Crippen molar-refractivity contribution in [1.82, 2.24) is 0 Å². The van der Waals surface area contributed by atoms with Gasteiger partial charge in [0.25, 0.3) is 0 Å². The molecule has 0 aromatic heterocycles. The summed E-state index contributed by atoms with van der Waals surface area (Å²) in [6, 6.07) is 0. The van der Waals surface area contributed by atoms with Crippen molar-refractivity contribution in [3.8, 4) is 0 Å². The van der Waals surface area contributed by atoms with Gasteiger partial charge >= 0.3 is 0 Å². The van der Waals surface area contributed by atoms with Crippen molar-refractivity contribution in [3.05, 3.63) is 23.6 Å². The summed E-state index contributed by atoms with van der Waals surface area (Å²) in [4.78, 5) is 0. The Morgan fingerprint density at radius 3 is 1.88 bits per heavy atom. The second-order valence-electron chi connectivity index (χ2n) is 1.76. The van der Waals surface area contributed by atoms with Crippen LogP contribution in [-0.2, 0) is 0 Å². The average Bonchev–Trinajstić information content (AvgIpc) is 1.84. The second kappa shape index (κ2) is 3.42. The van der Waals surface area contributed by atoms with Gasteiger partial charge in [0.05, 0.1) is 6.33 Å². The van der Waals surface area contributed by atoms with E-state index in [1.807, 2.05) is 19.9 Å². The zero-order valence-corrected chi connectivity index (χ0v) is 5.53. The SMILES string of the molecule is C/C=C(C)/C(C)=C/F. The van der Waals surface area contributed by atoms with Crippen LogP contribution in [0.1, 0.15) is 20.8 Å². The van der Waals surface area contributed by atoms with Gasteiger partial charge < -0.3 is 0 Å². The third-order valence-electron chi connectivity index (χ3n) is 1.22. The van der Waals surface area contributed by atoms with Crippen LogP contribution in [0.2, 0.25) is 0 Å². The van der Waals surface area contributed by atoms with Crippen LogP contribution in [0.4, 0.5) is 4.39 Å². The predicted octanol–water partition coefficient (Wildman–Crippen LogP) is 2.83. The molecule has 0 aliphatic rings. The Bertz CT molecular complexity index is 104. The molecule has 0 rings (SSSR count). The van der Waals surface area contributed by atoms with E-state index >= 15 is 0 Å². The third kappa shape index (κ3) is 1.92. The Labute approximate surface area is 49.7 Å². The van der Waals surface area contributed by atoms with Crippen LogP contribution >= 0.6 is 0 Å². The fourth-order valence-corrected chi connectivity index (χ4v) is 0.314. The lowest BCUT2D eigenvalue weighted by molar-refractivity contribution is 0.711. The first-order valence-electron chi connectivity index (χ1n) is 2.62. The van der Waals surface area contributed by atoms with Gasteiger partial charge in [-0.3, -0.25) is 0 Å². The van der Waals surface area contributed by atoms with E-state index in [4.69, 9.17) is 0 Å². The number of rotatable bonds is 1. The average molecular weight is 114 g/mol. The molecule has 0 nitrogen and oxygen atoms in total. The molecule has 1 heteroatoms. The highest BCUT2D eigenvalue weighted by Crippen LogP contribution is 2.06. The fourth-order valence-electron chi connectivity index (χ4n) is 0.314. The Hall–Kier alpha value is -0.590. The number of halogens is 1. The van der Waals surface area contributed by atoms with E-state index in [2.05, 4.69) is 0 Å². The first-order valence-corrected chi connectivity index (χ1v) is 2.62. The van der Waals surface area contributed by atoms with Crippen molar-refractivity contribution in [2.24, 2.45) is 0 Å². The third-order valence-corrected chi connectivity index (χ3v) is 1.22. The molecule has 0 spiro atoms. The molecule has 0 heterocycles. The van der Waals surface area contributed by atoms with Crippen LogP contribution in [0.3, 0.4) is 0 Å². The van der Waals surface area contributed by atoms with E-state index in [1.165, 1.54) is 0 Å². The summed E-state index contributed by atoms with van der Waals surface area (Å²) >= 11 is 0. The van der Waals surface area contributed by atoms with Crippen LogP contribution in [0.25, 0.3) is 0 Å². The Balaban J connectivity index is 4.04. The molecule has 46 valence electrons. The maximum atomic E-state index is 11.6. The fraction of sp³-hybridized carbons (Fsp3) is 0.429. The largest absolute Gasteiger partial charge is 0.215 e. The summed E-state index contributed by atoms with van der Waals surface area (Å²) in [6.45, 7) is 5.52. The number of hydrogen-bond acceptors (Lipinski definition) is 0. The summed E-state index contributed by atoms with van der Waals surface area (Å²) in [5.74, 6) is 0. The Morgan fingerprint density at radius 2 is 1.75 bits per heavy atom. The molecule has 0 bridgehead atoms. The van der Waals surface area contributed by atoms with Gasteiger partial charge in [0.1, 0.15) is 0 Å². The van der Waals surface area contributed by atoms with Crippen molar-refractivity contribution in [2.45, 2.75) is 20.8 Å². The van der Waals surface area contributed by atoms with Crippen molar-refractivity contribution in [2.75, 3.05) is 0 Å². The maximum Gasteiger partial charge on any atom is 0.0898 e. The molecule has 0 fully saturated rings. The lowest BCUT2D eigenvalue weighted by atomic mass is 10.1. The minimum Gasteiger partial charge on any atom is -0.215 e. The number of hydrogen-bond donors (Lipinski definition) is 0. The van der Waals surface area contributed by atoms with Crippen molar-refractivity contribution in [3.63, 3.8) is 0 Å². The topological polar surface area (TPSA) is 0 Å². The lowest BCUT2D eigenvalue weighted by Crippen LogP contribution is -1.73. The first kappa shape index (κ1) is 7.41. The summed E-state index contributed by atoms with van der Waals surface area (Å²) in [5, 5.41) is 0. The van der Waals surface area contributed by atoms with Gasteiger partial charge in [-0.15, -0.1) is 0 Å². The van der Waals surface area contributed by atoms with E-state index in [0.717, 1.165) is 5.57 Å². The standard InChI is InChI=1S/C7H11F/c1-4-6(2)7(3)5-8/h4-5H,1-3H3/b6-4+,7-5+. The van der Waals surface area contributed by atoms with Gasteiger partial charge in [0.15, 0.2) is 0 Å². The predicted molar refractivity (Wildman–Crippen MR) is 34.3 cm³/mol. The van der Waals surface area contributed by atoms with Gasteiger partial charge in [-0.1, -0.05) is 11.6 Å². The quantitative estimate of drug-likeness (QED) is 0.460. The molecular formula is C7H11F. The highest BCUT2D eigenvalue weighted by atomic mass is 19.1. The molecular weight excluding hydrogens is 103 g/mol. The summed E-state index contributed by atoms with van der Waals surface area (Å²) in [6.07, 6.45) is 2.50. The molecule has 0 atom stereocenters. The molecule has 0 saturated carbocycles. The minimum atomic E-state index is 0.620. The van der Waals surface area contributed by atoms with Crippen LogP contribution < -0.4 is 0 Å². The summed E-state index contributed by atoms with van der Waals surface area (Å²) in [5.41, 5.74) is 1.69. The normalized spacial score (nSPS) is 14.5. The van der Waals surface area contributed by atoms with Gasteiger partial charge in [0.2, 0.25) is 0 Å². The van der Waals surface area contributed by atoms with E-state index in [-0.39, 0.29) is 0 Å². The van der Waals surface area contributed by atoms with Gasteiger partial charge in [0, 0.05) is 0 Å². The van der Waals surface area contributed by atoms with Crippen LogP contribution in [0.15, 0.2) is 23.6 Å². The molecule has 0 N–H and O–H groups in total. The molecule has 0 saturated heterocycles. The molecule has 0 amide bonds. The van der Waals surface area contributed by atoms with Crippen LogP contribution in [0.5, 0.6) is 0 Å². The second-order valence-corrected chi connectivity index (χ2v) is 1.76. The van der Waals surface area contributed by atoms with E-state index in [9.17, 15) is 4.39 Å². The van der Waals surface area contributed by atoms with E-state index in [1.54, 1.807) is 6.92 Å². The smallest absolute Gasteiger partial charge is 0.0898 e. The van der Waals surface area contributed by atoms with Crippen molar-refractivity contribution < 1.29 is 4.39 Å². The van der Waals surface area contributed by atoms with Gasteiger partial charge in [-0.05, 0) is 26.3 Å². The lowest BCUT2D eigenvalue weighted by Gasteiger charge is -1.93. The summed E-state index contributed by atoms with van der Waals surface area (Å²) in [7, 11) is 0. The molecule has 0 aromatic carbocycles. The maximum absolute atomic E-state index is 11.6. The molecule has 0 unspecified atom stereocenters. The van der Waals surface area contributed by atoms with E-state index in [0.29, 0.717) is 11.9 Å². The van der Waals surface area contributed by atoms with Crippen LogP contribution in [0, 0.1) is 0 Å². The molecule has 0 aliphatic heterocycles. The highest BCUT2D eigenvalue weighted by molar-refractivity contribution is 5.24. The van der Waals surface area contributed by atoms with E-state index < -0.39 is 0 Å².